The molecule has 2 N–H and O–H groups in total. The number of rotatable bonds is 5. The van der Waals surface area contributed by atoms with Crippen LogP contribution in [0.15, 0.2) is 0 Å². The zero-order valence-corrected chi connectivity index (χ0v) is 11.4. The maximum atomic E-state index is 6.16. The molecule has 1 rings (SSSR count). The summed E-state index contributed by atoms with van der Waals surface area (Å²) >= 11 is 0. The van der Waals surface area contributed by atoms with Crippen LogP contribution in [0.4, 0.5) is 0 Å². The highest BCUT2D eigenvalue weighted by molar-refractivity contribution is 4.80. The molecule has 0 spiro atoms. The molecule has 0 aromatic heterocycles. The molecular weight excluding hydrogens is 198 g/mol. The lowest BCUT2D eigenvalue weighted by Crippen LogP contribution is -2.48. The summed E-state index contributed by atoms with van der Waals surface area (Å²) in [5, 5.41) is 0. The van der Waals surface area contributed by atoms with Gasteiger partial charge in [0.25, 0.3) is 0 Å². The minimum absolute atomic E-state index is 0.331. The Hall–Kier alpha value is -0.120. The summed E-state index contributed by atoms with van der Waals surface area (Å²) in [6, 6.07) is 1.04. The quantitative estimate of drug-likeness (QED) is 0.770. The van der Waals surface area contributed by atoms with Crippen LogP contribution in [0.25, 0.3) is 0 Å². The van der Waals surface area contributed by atoms with E-state index in [-0.39, 0.29) is 0 Å². The van der Waals surface area contributed by atoms with Crippen molar-refractivity contribution in [3.63, 3.8) is 0 Å². The van der Waals surface area contributed by atoms with Crippen LogP contribution in [-0.4, -0.2) is 55.6 Å². The zero-order valence-electron chi connectivity index (χ0n) is 11.4. The molecule has 0 radical (unpaired) electrons. The standard InChI is InChI=1S/C13H29N3/c1-11(2)8-12(14)9-16(4)13-6-5-7-15(3)10-13/h11-13H,5-10,14H2,1-4H3. The van der Waals surface area contributed by atoms with Gasteiger partial charge in [-0.25, -0.2) is 0 Å². The van der Waals surface area contributed by atoms with Crippen molar-refractivity contribution >= 4 is 0 Å². The van der Waals surface area contributed by atoms with Gasteiger partial charge in [-0.15, -0.1) is 0 Å². The third-order valence-corrected chi connectivity index (χ3v) is 3.52. The molecule has 0 aromatic carbocycles. The van der Waals surface area contributed by atoms with Crippen LogP contribution >= 0.6 is 0 Å². The summed E-state index contributed by atoms with van der Waals surface area (Å²) in [6.45, 7) is 7.98. The summed E-state index contributed by atoms with van der Waals surface area (Å²) in [4.78, 5) is 4.89. The molecule has 16 heavy (non-hydrogen) atoms. The van der Waals surface area contributed by atoms with E-state index in [0.29, 0.717) is 18.0 Å². The highest BCUT2D eigenvalue weighted by Crippen LogP contribution is 2.14. The second-order valence-corrected chi connectivity index (χ2v) is 5.89. The van der Waals surface area contributed by atoms with Gasteiger partial charge >= 0.3 is 0 Å². The van der Waals surface area contributed by atoms with Crippen LogP contribution in [0, 0.1) is 5.92 Å². The van der Waals surface area contributed by atoms with Crippen LogP contribution in [0.1, 0.15) is 33.1 Å². The fourth-order valence-electron chi connectivity index (χ4n) is 2.70. The lowest BCUT2D eigenvalue weighted by Gasteiger charge is -2.37. The van der Waals surface area contributed by atoms with Crippen molar-refractivity contribution in [3.05, 3.63) is 0 Å². The number of nitrogens with zero attached hydrogens (tertiary/aromatic N) is 2. The van der Waals surface area contributed by atoms with Crippen molar-refractivity contribution < 1.29 is 0 Å². The smallest absolute Gasteiger partial charge is 0.0221 e. The number of hydrogen-bond donors (Lipinski definition) is 1. The summed E-state index contributed by atoms with van der Waals surface area (Å²) < 4.78 is 0. The van der Waals surface area contributed by atoms with E-state index in [1.165, 1.54) is 25.9 Å². The molecule has 0 saturated carbocycles. The average molecular weight is 227 g/mol. The fourth-order valence-corrected chi connectivity index (χ4v) is 2.70. The summed E-state index contributed by atoms with van der Waals surface area (Å²) in [7, 11) is 4.44. The van der Waals surface area contributed by atoms with E-state index < -0.39 is 0 Å². The molecule has 96 valence electrons. The van der Waals surface area contributed by atoms with Crippen LogP contribution in [0.2, 0.25) is 0 Å². The SMILES string of the molecule is CC(C)CC(N)CN(C)C1CCCN(C)C1. The van der Waals surface area contributed by atoms with Crippen LogP contribution in [0.5, 0.6) is 0 Å². The van der Waals surface area contributed by atoms with Gasteiger partial charge in [0.2, 0.25) is 0 Å². The predicted octanol–water partition coefficient (Wildman–Crippen LogP) is 1.39. The van der Waals surface area contributed by atoms with E-state index in [1.54, 1.807) is 0 Å². The number of likely N-dealkylation sites (N-methyl/N-ethyl adjacent to an activating group) is 2. The molecule has 2 unspecified atom stereocenters. The van der Waals surface area contributed by atoms with Crippen molar-refractivity contribution in [2.45, 2.75) is 45.2 Å². The Labute approximate surface area is 101 Å². The van der Waals surface area contributed by atoms with Crippen LogP contribution in [0.3, 0.4) is 0 Å². The van der Waals surface area contributed by atoms with E-state index in [9.17, 15) is 0 Å². The molecular formula is C13H29N3. The molecule has 1 aliphatic heterocycles. The largest absolute Gasteiger partial charge is 0.327 e. The second kappa shape index (κ2) is 6.58. The first-order valence-electron chi connectivity index (χ1n) is 6.63. The molecule has 0 bridgehead atoms. The molecule has 3 nitrogen and oxygen atoms in total. The fraction of sp³-hybridized carbons (Fsp3) is 1.00. The normalized spacial score (nSPS) is 25.3. The van der Waals surface area contributed by atoms with Gasteiger partial charge in [-0.2, -0.15) is 0 Å². The Morgan fingerprint density at radius 2 is 2.12 bits per heavy atom. The molecule has 1 aliphatic rings. The van der Waals surface area contributed by atoms with Crippen LogP contribution in [-0.2, 0) is 0 Å². The molecule has 0 aliphatic carbocycles. The van der Waals surface area contributed by atoms with Crippen molar-refractivity contribution in [2.24, 2.45) is 11.7 Å². The van der Waals surface area contributed by atoms with Crippen molar-refractivity contribution in [1.82, 2.24) is 9.80 Å². The topological polar surface area (TPSA) is 32.5 Å². The molecule has 1 fully saturated rings. The first-order chi connectivity index (χ1) is 7.49. The van der Waals surface area contributed by atoms with E-state index in [4.69, 9.17) is 5.73 Å². The molecule has 2 atom stereocenters. The van der Waals surface area contributed by atoms with Crippen molar-refractivity contribution in [3.8, 4) is 0 Å². The Morgan fingerprint density at radius 3 is 2.69 bits per heavy atom. The summed E-state index contributed by atoms with van der Waals surface area (Å²) in [6.07, 6.45) is 3.78. The maximum absolute atomic E-state index is 6.16. The predicted molar refractivity (Wildman–Crippen MR) is 70.6 cm³/mol. The molecule has 0 amide bonds. The van der Waals surface area contributed by atoms with Gasteiger partial charge in [-0.3, -0.25) is 0 Å². The molecule has 0 aromatic rings. The number of hydrogen-bond acceptors (Lipinski definition) is 3. The van der Waals surface area contributed by atoms with Gasteiger partial charge in [-0.1, -0.05) is 13.8 Å². The lowest BCUT2D eigenvalue weighted by molar-refractivity contribution is 0.127. The highest BCUT2D eigenvalue weighted by Gasteiger charge is 2.22. The second-order valence-electron chi connectivity index (χ2n) is 5.89. The highest BCUT2D eigenvalue weighted by atomic mass is 15.2. The van der Waals surface area contributed by atoms with Gasteiger partial charge in [-0.05, 0) is 45.8 Å². The van der Waals surface area contributed by atoms with Crippen LogP contribution < -0.4 is 5.73 Å². The molecule has 1 saturated heterocycles. The molecule has 3 heteroatoms. The van der Waals surface area contributed by atoms with Gasteiger partial charge in [0, 0.05) is 25.2 Å². The van der Waals surface area contributed by atoms with Gasteiger partial charge in [0.1, 0.15) is 0 Å². The minimum atomic E-state index is 0.331. The first kappa shape index (κ1) is 13.9. The number of piperidine rings is 1. The van der Waals surface area contributed by atoms with E-state index in [1.807, 2.05) is 0 Å². The lowest BCUT2D eigenvalue weighted by atomic mass is 10.0. The zero-order chi connectivity index (χ0) is 12.1. The Kier molecular flexibility index (Phi) is 5.73. The van der Waals surface area contributed by atoms with Gasteiger partial charge in [0.05, 0.1) is 0 Å². The molecule has 1 heterocycles. The third kappa shape index (κ3) is 4.81. The van der Waals surface area contributed by atoms with Gasteiger partial charge < -0.3 is 15.5 Å². The maximum Gasteiger partial charge on any atom is 0.0221 e. The van der Waals surface area contributed by atoms with E-state index in [0.717, 1.165) is 13.0 Å². The Bertz CT molecular complexity index is 194. The minimum Gasteiger partial charge on any atom is -0.327 e. The Balaban J connectivity index is 2.30. The Morgan fingerprint density at radius 1 is 1.44 bits per heavy atom. The average Bonchev–Trinajstić information content (AvgIpc) is 2.16. The van der Waals surface area contributed by atoms with Crippen molar-refractivity contribution in [1.29, 1.82) is 0 Å². The monoisotopic (exact) mass is 227 g/mol. The summed E-state index contributed by atoms with van der Waals surface area (Å²) in [5.41, 5.74) is 6.16. The number of nitrogens with two attached hydrogens (primary N) is 1. The summed E-state index contributed by atoms with van der Waals surface area (Å²) in [5.74, 6) is 0.706. The third-order valence-electron chi connectivity index (χ3n) is 3.52. The van der Waals surface area contributed by atoms with E-state index in [2.05, 4.69) is 37.7 Å². The van der Waals surface area contributed by atoms with Gasteiger partial charge in [0.15, 0.2) is 0 Å². The van der Waals surface area contributed by atoms with E-state index >= 15 is 0 Å². The van der Waals surface area contributed by atoms with Crippen molar-refractivity contribution in [2.75, 3.05) is 33.7 Å². The first-order valence-corrected chi connectivity index (χ1v) is 6.63. The number of likely N-dealkylation sites (tertiary alicyclic amines) is 1.